The first-order valence-electron chi connectivity index (χ1n) is 9.23. The van der Waals surface area contributed by atoms with Gasteiger partial charge in [0.15, 0.2) is 5.92 Å². The molecule has 8 heteroatoms. The summed E-state index contributed by atoms with van der Waals surface area (Å²) in [5.74, 6) is -4.83. The molecule has 0 heterocycles. The molecular weight excluding hydrogens is 362 g/mol. The fourth-order valence-corrected chi connectivity index (χ4v) is 3.59. The van der Waals surface area contributed by atoms with Gasteiger partial charge in [0.2, 0.25) is 5.91 Å². The molecule has 0 bridgehead atoms. The van der Waals surface area contributed by atoms with E-state index < -0.39 is 29.4 Å². The van der Waals surface area contributed by atoms with Crippen LogP contribution in [0.2, 0.25) is 0 Å². The smallest absolute Gasteiger partial charge is 0.322 e. The van der Waals surface area contributed by atoms with Crippen LogP contribution in [-0.2, 0) is 20.8 Å². The predicted molar refractivity (Wildman–Crippen MR) is 103 cm³/mol. The summed E-state index contributed by atoms with van der Waals surface area (Å²) in [6.45, 7) is 3.83. The normalized spacial score (nSPS) is 16.9. The van der Waals surface area contributed by atoms with Crippen LogP contribution >= 0.6 is 0 Å². The topological polar surface area (TPSA) is 156 Å². The molecule has 1 atom stereocenters. The van der Waals surface area contributed by atoms with Gasteiger partial charge in [-0.05, 0) is 30.4 Å². The summed E-state index contributed by atoms with van der Waals surface area (Å²) >= 11 is 0. The van der Waals surface area contributed by atoms with Crippen LogP contribution in [0.25, 0.3) is 0 Å². The second kappa shape index (κ2) is 8.88. The highest BCUT2D eigenvalue weighted by Gasteiger charge is 2.36. The average Bonchev–Trinajstić information content (AvgIpc) is 2.63. The Morgan fingerprint density at radius 2 is 1.61 bits per heavy atom. The maximum Gasteiger partial charge on any atom is 0.322 e. The van der Waals surface area contributed by atoms with Gasteiger partial charge in [-0.25, -0.2) is 0 Å². The van der Waals surface area contributed by atoms with Crippen LogP contribution in [0.15, 0.2) is 36.5 Å². The zero-order chi connectivity index (χ0) is 20.9. The van der Waals surface area contributed by atoms with Gasteiger partial charge in [-0.1, -0.05) is 50.1 Å². The number of hydrogen-bond donors (Lipinski definition) is 5. The van der Waals surface area contributed by atoms with Crippen LogP contribution in [0.1, 0.15) is 49.1 Å². The van der Waals surface area contributed by atoms with Crippen molar-refractivity contribution >= 4 is 17.8 Å². The van der Waals surface area contributed by atoms with Gasteiger partial charge in [0.1, 0.15) is 0 Å². The monoisotopic (exact) mass is 389 g/mol. The number of amides is 1. The molecule has 1 saturated carbocycles. The van der Waals surface area contributed by atoms with Gasteiger partial charge < -0.3 is 27.0 Å². The fraction of sp³-hybridized carbons (Fsp3) is 0.450. The van der Waals surface area contributed by atoms with E-state index in [0.29, 0.717) is 11.3 Å². The standard InChI is InChI=1S/C20H27N3O5/c1-12(21)20(9-3-2-4-10-20)23-17(24)15(22)11-13-5-7-14(8-6-13)16(18(25)26)19(27)28/h5-8,15-16H,1-4,9-11,21-22H2,(H,23,24)(H,25,26)(H,27,28)/t15-/m0/s1. The van der Waals surface area contributed by atoms with E-state index in [0.717, 1.165) is 32.1 Å². The Morgan fingerprint density at radius 1 is 1.07 bits per heavy atom. The lowest BCUT2D eigenvalue weighted by Crippen LogP contribution is -2.57. The highest BCUT2D eigenvalue weighted by atomic mass is 16.4. The number of nitrogens with one attached hydrogen (secondary N) is 1. The van der Waals surface area contributed by atoms with Gasteiger partial charge in [-0.2, -0.15) is 0 Å². The van der Waals surface area contributed by atoms with E-state index in [2.05, 4.69) is 11.9 Å². The minimum absolute atomic E-state index is 0.155. The van der Waals surface area contributed by atoms with E-state index in [1.807, 2.05) is 0 Å². The molecule has 1 amide bonds. The molecule has 8 nitrogen and oxygen atoms in total. The number of rotatable bonds is 8. The summed E-state index contributed by atoms with van der Waals surface area (Å²) in [5, 5.41) is 21.0. The molecule has 0 unspecified atom stereocenters. The Bertz CT molecular complexity index is 740. The van der Waals surface area contributed by atoms with Gasteiger partial charge >= 0.3 is 11.9 Å². The average molecular weight is 389 g/mol. The zero-order valence-electron chi connectivity index (χ0n) is 15.7. The highest BCUT2D eigenvalue weighted by molar-refractivity contribution is 5.99. The van der Waals surface area contributed by atoms with Crippen molar-refractivity contribution in [3.63, 3.8) is 0 Å². The van der Waals surface area contributed by atoms with Crippen molar-refractivity contribution in [1.82, 2.24) is 5.32 Å². The molecule has 0 spiro atoms. The van der Waals surface area contributed by atoms with Gasteiger partial charge in [-0.15, -0.1) is 0 Å². The molecule has 0 aliphatic heterocycles. The van der Waals surface area contributed by atoms with Crippen molar-refractivity contribution in [1.29, 1.82) is 0 Å². The number of nitrogens with two attached hydrogens (primary N) is 2. The summed E-state index contributed by atoms with van der Waals surface area (Å²) < 4.78 is 0. The van der Waals surface area contributed by atoms with Crippen LogP contribution in [-0.4, -0.2) is 39.6 Å². The van der Waals surface area contributed by atoms with Crippen molar-refractivity contribution in [2.45, 2.75) is 56.0 Å². The third-order valence-electron chi connectivity index (χ3n) is 5.28. The number of carbonyl (C=O) groups is 3. The summed E-state index contributed by atoms with van der Waals surface area (Å²) in [7, 11) is 0. The molecule has 2 rings (SSSR count). The van der Waals surface area contributed by atoms with Gasteiger partial charge in [0.25, 0.3) is 0 Å². The number of aliphatic carboxylic acids is 2. The molecule has 0 saturated heterocycles. The van der Waals surface area contributed by atoms with E-state index in [9.17, 15) is 14.4 Å². The Kier molecular flexibility index (Phi) is 6.80. The molecule has 1 aromatic rings. The highest BCUT2D eigenvalue weighted by Crippen LogP contribution is 2.31. The largest absolute Gasteiger partial charge is 0.480 e. The summed E-state index contributed by atoms with van der Waals surface area (Å²) in [6.07, 6.45) is 4.71. The number of hydrogen-bond acceptors (Lipinski definition) is 5. The summed E-state index contributed by atoms with van der Waals surface area (Å²) in [6, 6.07) is 5.20. The van der Waals surface area contributed by atoms with Crippen LogP contribution in [0.4, 0.5) is 0 Å². The molecule has 28 heavy (non-hydrogen) atoms. The first-order valence-corrected chi connectivity index (χ1v) is 9.23. The molecule has 152 valence electrons. The van der Waals surface area contributed by atoms with Crippen LogP contribution in [0.3, 0.4) is 0 Å². The molecular formula is C20H27N3O5. The lowest BCUT2D eigenvalue weighted by molar-refractivity contribution is -0.150. The maximum absolute atomic E-state index is 12.6. The van der Waals surface area contributed by atoms with Crippen LogP contribution in [0.5, 0.6) is 0 Å². The number of carboxylic acids is 2. The van der Waals surface area contributed by atoms with Crippen molar-refractivity contribution in [2.75, 3.05) is 0 Å². The number of carboxylic acid groups (broad SMARTS) is 2. The van der Waals surface area contributed by atoms with E-state index in [1.54, 1.807) is 12.1 Å². The van der Waals surface area contributed by atoms with Gasteiger partial charge in [-0.3, -0.25) is 14.4 Å². The molecule has 0 radical (unpaired) electrons. The van der Waals surface area contributed by atoms with Gasteiger partial charge in [0, 0.05) is 5.70 Å². The van der Waals surface area contributed by atoms with Crippen molar-refractivity contribution in [3.8, 4) is 0 Å². The first kappa shape index (κ1) is 21.4. The quantitative estimate of drug-likeness (QED) is 0.417. The minimum atomic E-state index is -1.63. The number of carbonyl (C=O) groups excluding carboxylic acids is 1. The van der Waals surface area contributed by atoms with E-state index >= 15 is 0 Å². The first-order chi connectivity index (χ1) is 13.2. The lowest BCUT2D eigenvalue weighted by Gasteiger charge is -2.39. The zero-order valence-corrected chi connectivity index (χ0v) is 15.7. The van der Waals surface area contributed by atoms with Crippen molar-refractivity contribution in [2.24, 2.45) is 11.5 Å². The Balaban J connectivity index is 2.04. The lowest BCUT2D eigenvalue weighted by atomic mass is 9.79. The fourth-order valence-electron chi connectivity index (χ4n) is 3.59. The van der Waals surface area contributed by atoms with Crippen molar-refractivity contribution < 1.29 is 24.6 Å². The summed E-state index contributed by atoms with van der Waals surface area (Å²) in [4.78, 5) is 34.8. The van der Waals surface area contributed by atoms with E-state index in [4.69, 9.17) is 21.7 Å². The molecule has 1 aliphatic carbocycles. The molecule has 7 N–H and O–H groups in total. The number of benzene rings is 1. The Labute approximate surface area is 163 Å². The molecule has 1 aromatic carbocycles. The second-order valence-electron chi connectivity index (χ2n) is 7.32. The van der Waals surface area contributed by atoms with Gasteiger partial charge in [0.05, 0.1) is 11.6 Å². The van der Waals surface area contributed by atoms with Crippen molar-refractivity contribution in [3.05, 3.63) is 47.7 Å². The maximum atomic E-state index is 12.6. The van der Waals surface area contributed by atoms with E-state index in [1.165, 1.54) is 12.1 Å². The molecule has 0 aromatic heterocycles. The second-order valence-corrected chi connectivity index (χ2v) is 7.32. The molecule has 1 aliphatic rings. The third kappa shape index (κ3) is 4.89. The predicted octanol–water partition coefficient (Wildman–Crippen LogP) is 1.10. The van der Waals surface area contributed by atoms with Crippen LogP contribution < -0.4 is 16.8 Å². The Hall–Kier alpha value is -2.87. The third-order valence-corrected chi connectivity index (χ3v) is 5.28. The minimum Gasteiger partial charge on any atom is -0.480 e. The van der Waals surface area contributed by atoms with Crippen LogP contribution in [0, 0.1) is 0 Å². The molecule has 1 fully saturated rings. The summed E-state index contributed by atoms with van der Waals surface area (Å²) in [5.41, 5.74) is 12.7. The SMILES string of the molecule is C=C(N)C1(NC(=O)[C@@H](N)Cc2ccc(C(C(=O)O)C(=O)O)cc2)CCCCC1. The van der Waals surface area contributed by atoms with E-state index in [-0.39, 0.29) is 17.9 Å². The Morgan fingerprint density at radius 3 is 2.07 bits per heavy atom.